The van der Waals surface area contributed by atoms with Crippen molar-refractivity contribution in [1.29, 1.82) is 0 Å². The zero-order valence-corrected chi connectivity index (χ0v) is 25.0. The minimum absolute atomic E-state index is 0.272. The predicted octanol–water partition coefficient (Wildman–Crippen LogP) is 10.2. The van der Waals surface area contributed by atoms with E-state index in [0.717, 1.165) is 47.5 Å². The third-order valence-electron chi connectivity index (χ3n) is 9.69. The second-order valence-electron chi connectivity index (χ2n) is 13.4. The molecule has 2 bridgehead atoms. The molecule has 0 radical (unpaired) electrons. The SMILES string of the molecule is C/C(=C\COC1=C2C3C=CC(C3)C2(C)C(=O)c2ccccc21)CCCC(C)CCCC(C)CCCC(C)C. The first-order chi connectivity index (χ1) is 18.2. The van der Waals surface area contributed by atoms with Gasteiger partial charge in [-0.25, -0.2) is 0 Å². The summed E-state index contributed by atoms with van der Waals surface area (Å²) in [5, 5.41) is 0. The summed E-state index contributed by atoms with van der Waals surface area (Å²) >= 11 is 0. The zero-order chi connectivity index (χ0) is 27.3. The minimum Gasteiger partial charge on any atom is -0.489 e. The van der Waals surface area contributed by atoms with E-state index in [1.54, 1.807) is 0 Å². The molecule has 3 aliphatic rings. The number of allylic oxidation sites excluding steroid dienone is 4. The molecule has 4 rings (SSSR count). The van der Waals surface area contributed by atoms with Crippen molar-refractivity contribution in [3.05, 3.63) is 64.8 Å². The Bertz CT molecular complexity index is 1060. The van der Waals surface area contributed by atoms with Crippen LogP contribution in [0.2, 0.25) is 0 Å². The molecule has 0 amide bonds. The van der Waals surface area contributed by atoms with Crippen LogP contribution in [0.5, 0.6) is 0 Å². The van der Waals surface area contributed by atoms with Gasteiger partial charge in [0, 0.05) is 17.0 Å². The molecule has 0 aromatic heterocycles. The summed E-state index contributed by atoms with van der Waals surface area (Å²) in [6, 6.07) is 8.05. The lowest BCUT2D eigenvalue weighted by Gasteiger charge is -2.38. The maximum Gasteiger partial charge on any atom is 0.174 e. The van der Waals surface area contributed by atoms with Crippen LogP contribution in [-0.4, -0.2) is 12.4 Å². The van der Waals surface area contributed by atoms with Crippen molar-refractivity contribution >= 4 is 11.5 Å². The van der Waals surface area contributed by atoms with Gasteiger partial charge in [-0.2, -0.15) is 0 Å². The standard InChI is InChI=1S/C36H52O2/c1-25(2)12-9-13-26(3)14-10-15-27(4)16-11-17-28(5)22-23-38-34-31-18-7-8-19-32(31)35(37)36(6)30-21-20-29(24-30)33(34)36/h7-8,18-22,25-27,29-30H,9-17,23-24H2,1-6H3/b28-22+. The third kappa shape index (κ3) is 6.37. The highest BCUT2D eigenvalue weighted by molar-refractivity contribution is 6.10. The van der Waals surface area contributed by atoms with E-state index in [9.17, 15) is 4.79 Å². The first kappa shape index (κ1) is 28.9. The lowest BCUT2D eigenvalue weighted by Crippen LogP contribution is -2.38. The van der Waals surface area contributed by atoms with E-state index in [1.165, 1.54) is 62.5 Å². The lowest BCUT2D eigenvalue weighted by molar-refractivity contribution is 0.0819. The average Bonchev–Trinajstić information content (AvgIpc) is 3.47. The summed E-state index contributed by atoms with van der Waals surface area (Å²) in [6.45, 7) is 14.5. The zero-order valence-electron chi connectivity index (χ0n) is 25.0. The van der Waals surface area contributed by atoms with Gasteiger partial charge >= 0.3 is 0 Å². The fraction of sp³-hybridized carbons (Fsp3) is 0.639. The van der Waals surface area contributed by atoms with Crippen LogP contribution in [0.4, 0.5) is 0 Å². The van der Waals surface area contributed by atoms with Crippen molar-refractivity contribution < 1.29 is 9.53 Å². The van der Waals surface area contributed by atoms with Crippen LogP contribution >= 0.6 is 0 Å². The molecule has 5 atom stereocenters. The van der Waals surface area contributed by atoms with Crippen molar-refractivity contribution in [3.8, 4) is 0 Å². The monoisotopic (exact) mass is 516 g/mol. The first-order valence-electron chi connectivity index (χ1n) is 15.6. The molecule has 0 N–H and O–H groups in total. The Morgan fingerprint density at radius 3 is 2.26 bits per heavy atom. The Kier molecular flexibility index (Phi) is 9.77. The Balaban J connectivity index is 1.23. The molecule has 2 nitrogen and oxygen atoms in total. The van der Waals surface area contributed by atoms with Gasteiger partial charge in [0.15, 0.2) is 5.78 Å². The minimum atomic E-state index is -0.441. The summed E-state index contributed by atoms with van der Waals surface area (Å²) in [6.07, 6.45) is 19.9. The lowest BCUT2D eigenvalue weighted by atomic mass is 9.65. The van der Waals surface area contributed by atoms with E-state index in [1.807, 2.05) is 18.2 Å². The van der Waals surface area contributed by atoms with Crippen LogP contribution < -0.4 is 0 Å². The number of Topliss-reactive ketones (excluding diaryl/α,β-unsaturated/α-hetero) is 1. The third-order valence-corrected chi connectivity index (χ3v) is 9.69. The molecule has 38 heavy (non-hydrogen) atoms. The van der Waals surface area contributed by atoms with Crippen molar-refractivity contribution in [2.24, 2.45) is 35.0 Å². The van der Waals surface area contributed by atoms with Crippen LogP contribution in [0.25, 0.3) is 5.76 Å². The first-order valence-corrected chi connectivity index (χ1v) is 15.6. The molecule has 1 fully saturated rings. The second-order valence-corrected chi connectivity index (χ2v) is 13.4. The van der Waals surface area contributed by atoms with Crippen molar-refractivity contribution in [1.82, 2.24) is 0 Å². The normalized spacial score (nSPS) is 25.7. The van der Waals surface area contributed by atoms with E-state index in [0.29, 0.717) is 18.4 Å². The molecule has 208 valence electrons. The van der Waals surface area contributed by atoms with E-state index in [4.69, 9.17) is 4.74 Å². The van der Waals surface area contributed by atoms with Crippen molar-refractivity contribution in [2.75, 3.05) is 6.61 Å². The Hall–Kier alpha value is -2.09. The van der Waals surface area contributed by atoms with Crippen LogP contribution in [-0.2, 0) is 4.74 Å². The highest BCUT2D eigenvalue weighted by Gasteiger charge is 2.58. The topological polar surface area (TPSA) is 26.3 Å². The fourth-order valence-corrected chi connectivity index (χ4v) is 7.16. The molecule has 1 saturated carbocycles. The van der Waals surface area contributed by atoms with Crippen molar-refractivity contribution in [2.45, 2.75) is 106 Å². The summed E-state index contributed by atoms with van der Waals surface area (Å²) in [5.41, 5.74) is 4.01. The van der Waals surface area contributed by atoms with Crippen LogP contribution in [0.3, 0.4) is 0 Å². The number of ketones is 1. The second kappa shape index (κ2) is 12.8. The number of rotatable bonds is 15. The molecule has 0 heterocycles. The molecular weight excluding hydrogens is 464 g/mol. The maximum atomic E-state index is 13.5. The van der Waals surface area contributed by atoms with Gasteiger partial charge in [-0.3, -0.25) is 4.79 Å². The van der Waals surface area contributed by atoms with Crippen LogP contribution in [0, 0.1) is 35.0 Å². The van der Waals surface area contributed by atoms with Crippen LogP contribution in [0.15, 0.2) is 53.6 Å². The highest BCUT2D eigenvalue weighted by atomic mass is 16.5. The van der Waals surface area contributed by atoms with Gasteiger partial charge in [0.25, 0.3) is 0 Å². The van der Waals surface area contributed by atoms with Crippen LogP contribution in [0.1, 0.15) is 122 Å². The van der Waals surface area contributed by atoms with Gasteiger partial charge in [-0.15, -0.1) is 0 Å². The van der Waals surface area contributed by atoms with Gasteiger partial charge in [0.05, 0.1) is 5.41 Å². The molecule has 1 aromatic rings. The summed E-state index contributed by atoms with van der Waals surface area (Å²) in [4.78, 5) is 13.5. The molecule has 0 aliphatic heterocycles. The number of ether oxygens (including phenoxy) is 1. The number of hydrogen-bond acceptors (Lipinski definition) is 2. The van der Waals surface area contributed by atoms with Gasteiger partial charge in [-0.05, 0) is 68.4 Å². The maximum absolute atomic E-state index is 13.5. The Morgan fingerprint density at radius 2 is 1.58 bits per heavy atom. The number of fused-ring (bicyclic) bond motifs is 6. The number of hydrogen-bond donors (Lipinski definition) is 0. The molecule has 2 heteroatoms. The number of carbonyl (C=O) groups is 1. The fourth-order valence-electron chi connectivity index (χ4n) is 7.16. The largest absolute Gasteiger partial charge is 0.489 e. The quantitative estimate of drug-likeness (QED) is 0.217. The van der Waals surface area contributed by atoms with Gasteiger partial charge in [0.1, 0.15) is 12.4 Å². The average molecular weight is 517 g/mol. The molecular formula is C36H52O2. The van der Waals surface area contributed by atoms with E-state index in [2.05, 4.69) is 65.8 Å². The summed E-state index contributed by atoms with van der Waals surface area (Å²) in [7, 11) is 0. The van der Waals surface area contributed by atoms with E-state index < -0.39 is 5.41 Å². The molecule has 3 aliphatic carbocycles. The van der Waals surface area contributed by atoms with Crippen molar-refractivity contribution in [3.63, 3.8) is 0 Å². The van der Waals surface area contributed by atoms with E-state index in [-0.39, 0.29) is 5.78 Å². The molecule has 0 spiro atoms. The number of carbonyl (C=O) groups excluding carboxylic acids is 1. The Labute approximate surface area is 233 Å². The molecule has 0 saturated heterocycles. The molecule has 1 aromatic carbocycles. The highest BCUT2D eigenvalue weighted by Crippen LogP contribution is 2.61. The van der Waals surface area contributed by atoms with Gasteiger partial charge < -0.3 is 4.74 Å². The Morgan fingerprint density at radius 1 is 0.947 bits per heavy atom. The van der Waals surface area contributed by atoms with E-state index >= 15 is 0 Å². The predicted molar refractivity (Wildman–Crippen MR) is 161 cm³/mol. The number of benzene rings is 1. The van der Waals surface area contributed by atoms with Gasteiger partial charge in [-0.1, -0.05) is 115 Å². The smallest absolute Gasteiger partial charge is 0.174 e. The molecule has 5 unspecified atom stereocenters. The summed E-state index contributed by atoms with van der Waals surface area (Å²) < 4.78 is 6.52. The summed E-state index contributed by atoms with van der Waals surface area (Å²) in [5.74, 6) is 4.41. The van der Waals surface area contributed by atoms with Gasteiger partial charge in [0.2, 0.25) is 0 Å².